The Hall–Kier alpha value is -2.65. The predicted octanol–water partition coefficient (Wildman–Crippen LogP) is -1.36. The minimum absolute atomic E-state index is 0.222. The van der Waals surface area contributed by atoms with Crippen LogP contribution in [0, 0.1) is 10.1 Å². The van der Waals surface area contributed by atoms with Gasteiger partial charge in [0.25, 0.3) is 5.82 Å². The minimum Gasteiger partial charge on any atom is -0.358 e. The molecule has 0 bridgehead atoms. The second-order valence-corrected chi connectivity index (χ2v) is 2.70. The smallest absolute Gasteiger partial charge is 0.343 e. The number of imidazole rings is 1. The fraction of sp³-hybridized carbons (Fsp3) is 0.167. The number of aromatic nitrogens is 2. The van der Waals surface area contributed by atoms with Crippen molar-refractivity contribution in [1.29, 1.82) is 0 Å². The Morgan fingerprint density at radius 2 is 2.19 bits per heavy atom. The molecule has 0 saturated heterocycles. The molecular formula is C6H8N6O4. The van der Waals surface area contributed by atoms with E-state index >= 15 is 0 Å². The molecule has 1 aromatic rings. The van der Waals surface area contributed by atoms with Crippen molar-refractivity contribution in [3.8, 4) is 0 Å². The van der Waals surface area contributed by atoms with E-state index in [2.05, 4.69) is 4.98 Å². The number of nitrogens with two attached hydrogens (primary N) is 1. The van der Waals surface area contributed by atoms with Crippen molar-refractivity contribution < 1.29 is 14.5 Å². The van der Waals surface area contributed by atoms with Crippen LogP contribution in [0.4, 0.5) is 10.6 Å². The Morgan fingerprint density at radius 1 is 1.56 bits per heavy atom. The molecule has 0 aliphatic rings. The van der Waals surface area contributed by atoms with Crippen molar-refractivity contribution in [3.05, 3.63) is 22.1 Å². The number of rotatable bonds is 2. The molecule has 0 atom stereocenters. The van der Waals surface area contributed by atoms with Gasteiger partial charge in [0.2, 0.25) is 0 Å². The number of hydrazine groups is 1. The van der Waals surface area contributed by atoms with E-state index in [1.165, 1.54) is 7.05 Å². The molecule has 0 radical (unpaired) electrons. The number of carbonyl (C=O) groups excluding carboxylic acids is 2. The maximum atomic E-state index is 11.3. The average molecular weight is 228 g/mol. The number of nitrogens with zero attached hydrogens (tertiary/aromatic N) is 3. The van der Waals surface area contributed by atoms with Crippen LogP contribution in [0.1, 0.15) is 10.6 Å². The zero-order chi connectivity index (χ0) is 12.3. The van der Waals surface area contributed by atoms with Crippen LogP contribution >= 0.6 is 0 Å². The van der Waals surface area contributed by atoms with Crippen LogP contribution < -0.4 is 16.6 Å². The number of nitrogens with one attached hydrogen (secondary N) is 2. The van der Waals surface area contributed by atoms with Gasteiger partial charge in [0, 0.05) is 0 Å². The Balaban J connectivity index is 2.84. The lowest BCUT2D eigenvalue weighted by molar-refractivity contribution is -0.391. The van der Waals surface area contributed by atoms with Gasteiger partial charge in [-0.15, -0.1) is 0 Å². The lowest BCUT2D eigenvalue weighted by Crippen LogP contribution is -2.45. The number of hydrogen-bond donors (Lipinski definition) is 3. The first-order valence-corrected chi connectivity index (χ1v) is 3.95. The van der Waals surface area contributed by atoms with Crippen LogP contribution in [-0.4, -0.2) is 26.4 Å². The second kappa shape index (κ2) is 4.25. The summed E-state index contributed by atoms with van der Waals surface area (Å²) in [6, 6.07) is -0.961. The summed E-state index contributed by atoms with van der Waals surface area (Å²) in [5.41, 5.74) is 8.46. The molecule has 86 valence electrons. The van der Waals surface area contributed by atoms with Crippen molar-refractivity contribution in [2.45, 2.75) is 0 Å². The third-order valence-electron chi connectivity index (χ3n) is 1.65. The van der Waals surface area contributed by atoms with Crippen molar-refractivity contribution >= 4 is 17.8 Å². The number of urea groups is 1. The normalized spacial score (nSPS) is 9.56. The number of amides is 3. The van der Waals surface area contributed by atoms with Gasteiger partial charge in [-0.2, -0.15) is 0 Å². The van der Waals surface area contributed by atoms with Gasteiger partial charge in [-0.25, -0.2) is 19.8 Å². The molecule has 10 heteroatoms. The molecule has 0 fully saturated rings. The monoisotopic (exact) mass is 228 g/mol. The number of nitro groups is 1. The van der Waals surface area contributed by atoms with Gasteiger partial charge in [0.05, 0.1) is 7.05 Å². The highest BCUT2D eigenvalue weighted by Gasteiger charge is 2.22. The fourth-order valence-corrected chi connectivity index (χ4v) is 0.955. The lowest BCUT2D eigenvalue weighted by Gasteiger charge is -2.01. The first-order valence-electron chi connectivity index (χ1n) is 3.95. The van der Waals surface area contributed by atoms with Crippen molar-refractivity contribution in [2.75, 3.05) is 0 Å². The number of hydrogen-bond acceptors (Lipinski definition) is 5. The minimum atomic E-state index is -0.961. The second-order valence-electron chi connectivity index (χ2n) is 2.70. The molecule has 4 N–H and O–H groups in total. The molecule has 0 aromatic carbocycles. The molecule has 0 aliphatic carbocycles. The lowest BCUT2D eigenvalue weighted by atomic mass is 10.6. The standard InChI is InChI=1S/C6H8N6O4/c1-11-3(12(15)16)2-8-4(11)5(13)9-10-6(7)14/h2H,1H3,(H,9,13)(H3,7,10,14). The summed E-state index contributed by atoms with van der Waals surface area (Å²) in [6.07, 6.45) is 0.930. The molecule has 0 aliphatic heterocycles. The Kier molecular flexibility index (Phi) is 3.03. The van der Waals surface area contributed by atoms with Gasteiger partial charge in [-0.3, -0.25) is 10.2 Å². The topological polar surface area (TPSA) is 145 Å². The van der Waals surface area contributed by atoms with Crippen LogP contribution in [-0.2, 0) is 7.05 Å². The zero-order valence-corrected chi connectivity index (χ0v) is 8.13. The van der Waals surface area contributed by atoms with Crippen LogP contribution in [0.3, 0.4) is 0 Å². The van der Waals surface area contributed by atoms with Crippen LogP contribution in [0.2, 0.25) is 0 Å². The molecular weight excluding hydrogens is 220 g/mol. The Morgan fingerprint density at radius 3 is 2.62 bits per heavy atom. The molecule has 1 heterocycles. The predicted molar refractivity (Wildman–Crippen MR) is 50.0 cm³/mol. The summed E-state index contributed by atoms with van der Waals surface area (Å²) in [6.45, 7) is 0. The first-order chi connectivity index (χ1) is 7.43. The molecule has 16 heavy (non-hydrogen) atoms. The van der Waals surface area contributed by atoms with Gasteiger partial charge >= 0.3 is 17.8 Å². The Bertz CT molecular complexity index is 452. The molecule has 3 amide bonds. The van der Waals surface area contributed by atoms with Crippen molar-refractivity contribution in [2.24, 2.45) is 12.8 Å². The largest absolute Gasteiger partial charge is 0.358 e. The molecule has 0 unspecified atom stereocenters. The summed E-state index contributed by atoms with van der Waals surface area (Å²) < 4.78 is 0.970. The fourth-order valence-electron chi connectivity index (χ4n) is 0.955. The first kappa shape index (κ1) is 11.4. The third kappa shape index (κ3) is 2.23. The van der Waals surface area contributed by atoms with Crippen LogP contribution in [0.25, 0.3) is 0 Å². The molecule has 0 saturated carbocycles. The summed E-state index contributed by atoms with van der Waals surface area (Å²) in [5.74, 6) is -1.38. The summed E-state index contributed by atoms with van der Waals surface area (Å²) >= 11 is 0. The highest BCUT2D eigenvalue weighted by molar-refractivity contribution is 5.92. The molecule has 1 aromatic heterocycles. The van der Waals surface area contributed by atoms with Gasteiger partial charge < -0.3 is 15.8 Å². The van der Waals surface area contributed by atoms with Crippen LogP contribution in [0.15, 0.2) is 6.20 Å². The average Bonchev–Trinajstić information content (AvgIpc) is 2.56. The van der Waals surface area contributed by atoms with Crippen molar-refractivity contribution in [3.63, 3.8) is 0 Å². The van der Waals surface area contributed by atoms with E-state index in [0.717, 1.165) is 10.8 Å². The summed E-state index contributed by atoms with van der Waals surface area (Å²) in [4.78, 5) is 34.9. The van der Waals surface area contributed by atoms with E-state index in [1.54, 1.807) is 0 Å². The van der Waals surface area contributed by atoms with E-state index in [9.17, 15) is 19.7 Å². The van der Waals surface area contributed by atoms with Gasteiger partial charge in [-0.1, -0.05) is 0 Å². The Labute approximate surface area is 88.6 Å². The van der Waals surface area contributed by atoms with Gasteiger partial charge in [0.15, 0.2) is 0 Å². The van der Waals surface area contributed by atoms with Gasteiger partial charge in [0.1, 0.15) is 6.20 Å². The van der Waals surface area contributed by atoms with E-state index in [4.69, 9.17) is 5.73 Å². The van der Waals surface area contributed by atoms with E-state index in [0.29, 0.717) is 0 Å². The molecule has 10 nitrogen and oxygen atoms in total. The third-order valence-corrected chi connectivity index (χ3v) is 1.65. The maximum absolute atomic E-state index is 11.3. The summed E-state index contributed by atoms with van der Waals surface area (Å²) in [7, 11) is 1.30. The zero-order valence-electron chi connectivity index (χ0n) is 8.13. The maximum Gasteiger partial charge on any atom is 0.343 e. The van der Waals surface area contributed by atoms with E-state index < -0.39 is 16.9 Å². The highest BCUT2D eigenvalue weighted by Crippen LogP contribution is 2.10. The number of carbonyl (C=O) groups is 2. The summed E-state index contributed by atoms with van der Waals surface area (Å²) in [5, 5.41) is 10.4. The van der Waals surface area contributed by atoms with Crippen molar-refractivity contribution in [1.82, 2.24) is 20.4 Å². The highest BCUT2D eigenvalue weighted by atomic mass is 16.6. The SMILES string of the molecule is Cn1c([N+](=O)[O-])cnc1C(=O)NNC(N)=O. The van der Waals surface area contributed by atoms with E-state index in [-0.39, 0.29) is 11.6 Å². The molecule has 0 spiro atoms. The van der Waals surface area contributed by atoms with Crippen LogP contribution in [0.5, 0.6) is 0 Å². The number of primary amides is 1. The quantitative estimate of drug-likeness (QED) is 0.422. The van der Waals surface area contributed by atoms with Gasteiger partial charge in [-0.05, 0) is 4.92 Å². The van der Waals surface area contributed by atoms with E-state index in [1.807, 2.05) is 10.9 Å². The molecule has 1 rings (SSSR count).